The van der Waals surface area contributed by atoms with Gasteiger partial charge in [-0.3, -0.25) is 23.5 Å². The van der Waals surface area contributed by atoms with Crippen molar-refractivity contribution >= 4 is 17.3 Å². The highest BCUT2D eigenvalue weighted by molar-refractivity contribution is 5.72. The lowest BCUT2D eigenvalue weighted by Crippen LogP contribution is -2.26. The molecule has 0 saturated carbocycles. The van der Waals surface area contributed by atoms with Crippen LogP contribution in [-0.2, 0) is 25.4 Å². The summed E-state index contributed by atoms with van der Waals surface area (Å²) in [5.41, 5.74) is -0.266. The van der Waals surface area contributed by atoms with Crippen molar-refractivity contribution in [1.29, 1.82) is 0 Å². The summed E-state index contributed by atoms with van der Waals surface area (Å²) in [6, 6.07) is 0. The summed E-state index contributed by atoms with van der Waals surface area (Å²) in [6.45, 7) is -0.476. The highest BCUT2D eigenvalue weighted by atomic mass is 16.4. The Hall–Kier alpha value is -2.25. The van der Waals surface area contributed by atoms with Gasteiger partial charge in [-0.25, -0.2) is 9.59 Å². The first-order valence-corrected chi connectivity index (χ1v) is 4.49. The van der Waals surface area contributed by atoms with Gasteiger partial charge >= 0.3 is 17.3 Å². The van der Waals surface area contributed by atoms with Crippen molar-refractivity contribution in [2.45, 2.75) is 6.54 Å². The topological polar surface area (TPSA) is 102 Å². The molecular weight excluding hydrogens is 216 g/mol. The van der Waals surface area contributed by atoms with E-state index in [9.17, 15) is 14.4 Å². The number of aryl methyl sites for hydroxylation is 2. The summed E-state index contributed by atoms with van der Waals surface area (Å²) in [4.78, 5) is 36.1. The van der Waals surface area contributed by atoms with Crippen molar-refractivity contribution < 1.29 is 9.90 Å². The highest BCUT2D eigenvalue weighted by Gasteiger charge is 2.17. The van der Waals surface area contributed by atoms with Crippen LogP contribution >= 0.6 is 0 Å². The van der Waals surface area contributed by atoms with E-state index in [0.29, 0.717) is 5.65 Å². The van der Waals surface area contributed by atoms with Gasteiger partial charge in [0.1, 0.15) is 6.54 Å². The van der Waals surface area contributed by atoms with Crippen molar-refractivity contribution in [3.63, 3.8) is 0 Å². The number of carbonyl (C=O) groups is 1. The third-order valence-corrected chi connectivity index (χ3v) is 2.46. The van der Waals surface area contributed by atoms with E-state index >= 15 is 0 Å². The molecule has 86 valence electrons. The minimum Gasteiger partial charge on any atom is -0.480 e. The van der Waals surface area contributed by atoms with Gasteiger partial charge in [-0.2, -0.15) is 0 Å². The quantitative estimate of drug-likeness (QED) is 0.647. The van der Waals surface area contributed by atoms with Gasteiger partial charge in [0.25, 0.3) is 0 Å². The fraction of sp³-hybridized carbons (Fsp3) is 0.375. The molecule has 0 amide bonds. The fourth-order valence-corrected chi connectivity index (χ4v) is 1.72. The standard InChI is InChI=1S/C8H10N4O4/c1-10-5-6(11(2)8(10)16)12(3-4(13)14)7(15)9-5/h3H2,1-2H3,(H,9,15)(H,13,14). The fourth-order valence-electron chi connectivity index (χ4n) is 1.72. The molecule has 0 aliphatic carbocycles. The zero-order chi connectivity index (χ0) is 12.0. The van der Waals surface area contributed by atoms with Crippen molar-refractivity contribution in [1.82, 2.24) is 18.7 Å². The van der Waals surface area contributed by atoms with E-state index in [2.05, 4.69) is 4.98 Å². The number of carboxylic acids is 1. The van der Waals surface area contributed by atoms with Crippen LogP contribution in [-0.4, -0.2) is 29.8 Å². The summed E-state index contributed by atoms with van der Waals surface area (Å²) in [5.74, 6) is -1.14. The highest BCUT2D eigenvalue weighted by Crippen LogP contribution is 2.05. The second-order valence-electron chi connectivity index (χ2n) is 3.48. The lowest BCUT2D eigenvalue weighted by atomic mass is 10.6. The Balaban J connectivity index is 2.88. The molecule has 0 fully saturated rings. The second-order valence-corrected chi connectivity index (χ2v) is 3.48. The Morgan fingerprint density at radius 2 is 1.94 bits per heavy atom. The lowest BCUT2D eigenvalue weighted by molar-refractivity contribution is -0.137. The number of rotatable bonds is 2. The number of nitrogens with one attached hydrogen (secondary N) is 1. The molecule has 0 aliphatic rings. The summed E-state index contributed by atoms with van der Waals surface area (Å²) in [6.07, 6.45) is 0. The van der Waals surface area contributed by atoms with Crippen molar-refractivity contribution in [3.8, 4) is 0 Å². The normalized spacial score (nSPS) is 11.1. The number of aliphatic carboxylic acids is 1. The molecule has 0 bridgehead atoms. The molecule has 0 spiro atoms. The Kier molecular flexibility index (Phi) is 2.00. The Labute approximate surface area is 88.3 Å². The van der Waals surface area contributed by atoms with Crippen LogP contribution in [0.25, 0.3) is 11.3 Å². The smallest absolute Gasteiger partial charge is 0.330 e. The Morgan fingerprint density at radius 3 is 2.50 bits per heavy atom. The molecule has 0 aromatic carbocycles. The Bertz CT molecular complexity index is 683. The largest absolute Gasteiger partial charge is 0.480 e. The molecule has 0 atom stereocenters. The van der Waals surface area contributed by atoms with Gasteiger partial charge < -0.3 is 5.11 Å². The van der Waals surface area contributed by atoms with Gasteiger partial charge in [0.05, 0.1) is 0 Å². The van der Waals surface area contributed by atoms with Crippen LogP contribution in [0.15, 0.2) is 9.59 Å². The van der Waals surface area contributed by atoms with Crippen molar-refractivity contribution in [3.05, 3.63) is 21.0 Å². The molecule has 16 heavy (non-hydrogen) atoms. The van der Waals surface area contributed by atoms with E-state index in [0.717, 1.165) is 4.57 Å². The van der Waals surface area contributed by atoms with Crippen LogP contribution in [0.5, 0.6) is 0 Å². The predicted molar refractivity (Wildman–Crippen MR) is 54.4 cm³/mol. The van der Waals surface area contributed by atoms with Gasteiger partial charge in [-0.15, -0.1) is 0 Å². The molecular formula is C8H10N4O4. The third-order valence-electron chi connectivity index (χ3n) is 2.46. The van der Waals surface area contributed by atoms with Gasteiger partial charge in [0.15, 0.2) is 11.3 Å². The van der Waals surface area contributed by atoms with Crippen LogP contribution in [0.3, 0.4) is 0 Å². The predicted octanol–water partition coefficient (Wildman–Crippen LogP) is -1.55. The summed E-state index contributed by atoms with van der Waals surface area (Å²) in [5, 5.41) is 8.67. The summed E-state index contributed by atoms with van der Waals surface area (Å²) >= 11 is 0. The molecule has 0 saturated heterocycles. The van der Waals surface area contributed by atoms with Crippen LogP contribution in [0.4, 0.5) is 0 Å². The molecule has 8 nitrogen and oxygen atoms in total. The van der Waals surface area contributed by atoms with Crippen LogP contribution in [0.2, 0.25) is 0 Å². The van der Waals surface area contributed by atoms with Gasteiger partial charge in [0, 0.05) is 14.1 Å². The molecule has 0 unspecified atom stereocenters. The van der Waals surface area contributed by atoms with E-state index in [4.69, 9.17) is 5.11 Å². The van der Waals surface area contributed by atoms with Crippen LogP contribution in [0, 0.1) is 0 Å². The number of aromatic nitrogens is 4. The minimum absolute atomic E-state index is 0.278. The summed E-state index contributed by atoms with van der Waals surface area (Å²) in [7, 11) is 2.99. The SMILES string of the molecule is Cn1c(=O)n(C)c2c1[nH]c(=O)n2CC(=O)O. The molecule has 2 aromatic rings. The van der Waals surface area contributed by atoms with E-state index < -0.39 is 18.2 Å². The molecule has 2 rings (SSSR count). The summed E-state index contributed by atoms with van der Waals surface area (Å²) < 4.78 is 3.50. The molecule has 8 heteroatoms. The number of carboxylic acid groups (broad SMARTS) is 1. The maximum Gasteiger partial charge on any atom is 0.330 e. The average Bonchev–Trinajstić information content (AvgIpc) is 2.61. The Morgan fingerprint density at radius 1 is 1.31 bits per heavy atom. The minimum atomic E-state index is -1.14. The number of H-pyrrole nitrogens is 1. The van der Waals surface area contributed by atoms with Crippen molar-refractivity contribution in [2.75, 3.05) is 0 Å². The third kappa shape index (κ3) is 1.19. The zero-order valence-electron chi connectivity index (χ0n) is 8.72. The zero-order valence-corrected chi connectivity index (χ0v) is 8.72. The van der Waals surface area contributed by atoms with Gasteiger partial charge in [-0.05, 0) is 0 Å². The molecule has 2 aromatic heterocycles. The molecule has 2 heterocycles. The van der Waals surface area contributed by atoms with E-state index in [-0.39, 0.29) is 11.3 Å². The van der Waals surface area contributed by atoms with E-state index in [1.165, 1.54) is 23.2 Å². The number of aromatic amines is 1. The second kappa shape index (κ2) is 3.12. The van der Waals surface area contributed by atoms with E-state index in [1.807, 2.05) is 0 Å². The number of hydrogen-bond donors (Lipinski definition) is 2. The van der Waals surface area contributed by atoms with Crippen molar-refractivity contribution in [2.24, 2.45) is 14.1 Å². The monoisotopic (exact) mass is 226 g/mol. The number of fused-ring (bicyclic) bond motifs is 1. The van der Waals surface area contributed by atoms with E-state index in [1.54, 1.807) is 0 Å². The number of nitrogens with zero attached hydrogens (tertiary/aromatic N) is 3. The molecule has 0 aliphatic heterocycles. The van der Waals surface area contributed by atoms with Gasteiger partial charge in [-0.1, -0.05) is 0 Å². The number of imidazole rings is 2. The molecule has 0 radical (unpaired) electrons. The first kappa shape index (κ1) is 10.3. The average molecular weight is 226 g/mol. The number of hydrogen-bond acceptors (Lipinski definition) is 3. The molecule has 2 N–H and O–H groups in total. The maximum absolute atomic E-state index is 11.5. The van der Waals surface area contributed by atoms with Crippen LogP contribution < -0.4 is 11.4 Å². The first-order valence-electron chi connectivity index (χ1n) is 4.49. The van der Waals surface area contributed by atoms with Crippen LogP contribution in [0.1, 0.15) is 0 Å². The lowest BCUT2D eigenvalue weighted by Gasteiger charge is -1.97. The maximum atomic E-state index is 11.5. The first-order chi connectivity index (χ1) is 7.43. The van der Waals surface area contributed by atoms with Gasteiger partial charge in [0.2, 0.25) is 0 Å².